The van der Waals surface area contributed by atoms with Gasteiger partial charge in [0, 0.05) is 17.4 Å². The Kier molecular flexibility index (Phi) is 4.54. The van der Waals surface area contributed by atoms with E-state index in [0.717, 1.165) is 11.1 Å². The summed E-state index contributed by atoms with van der Waals surface area (Å²) in [5.41, 5.74) is 1.51. The number of hydrogen-bond donors (Lipinski definition) is 0. The van der Waals surface area contributed by atoms with Gasteiger partial charge in [-0.25, -0.2) is 0 Å². The molecule has 0 atom stereocenters. The third-order valence-electron chi connectivity index (χ3n) is 3.04. The number of aromatic nitrogens is 1. The molecule has 0 spiro atoms. The van der Waals surface area contributed by atoms with E-state index in [1.54, 1.807) is 25.1 Å². The lowest BCUT2D eigenvalue weighted by molar-refractivity contribution is 0.480. The first kappa shape index (κ1) is 15.8. The van der Waals surface area contributed by atoms with Gasteiger partial charge in [0.25, 0.3) is 0 Å². The fourth-order valence-electron chi connectivity index (χ4n) is 1.86. The fourth-order valence-corrected chi connectivity index (χ4v) is 2.94. The highest BCUT2D eigenvalue weighted by molar-refractivity contribution is 7.87. The van der Waals surface area contributed by atoms with Gasteiger partial charge < -0.3 is 4.18 Å². The fraction of sp³-hybridized carbons (Fsp3) is 0.267. The van der Waals surface area contributed by atoms with Crippen LogP contribution in [0.3, 0.4) is 0 Å². The van der Waals surface area contributed by atoms with Crippen LogP contribution >= 0.6 is 11.6 Å². The second-order valence-corrected chi connectivity index (χ2v) is 6.97. The molecule has 1 aromatic carbocycles. The van der Waals surface area contributed by atoms with E-state index in [4.69, 9.17) is 15.8 Å². The summed E-state index contributed by atoms with van der Waals surface area (Å²) in [5, 5.41) is 0.588. The molecule has 6 heteroatoms. The maximum atomic E-state index is 12.3. The molecule has 0 aliphatic heterocycles. The summed E-state index contributed by atoms with van der Waals surface area (Å²) >= 11 is 6.10. The summed E-state index contributed by atoms with van der Waals surface area (Å²) in [5.74, 6) is 0.387. The Morgan fingerprint density at radius 1 is 1.29 bits per heavy atom. The van der Waals surface area contributed by atoms with E-state index in [1.165, 1.54) is 18.5 Å². The van der Waals surface area contributed by atoms with Gasteiger partial charge in [0.15, 0.2) is 0 Å². The molecule has 0 bridgehead atoms. The van der Waals surface area contributed by atoms with Crippen LogP contribution in [0.2, 0.25) is 5.02 Å². The minimum Gasteiger partial charge on any atom is -0.379 e. The monoisotopic (exact) mass is 325 g/mol. The number of halogens is 1. The van der Waals surface area contributed by atoms with E-state index < -0.39 is 10.1 Å². The van der Waals surface area contributed by atoms with E-state index in [1.807, 2.05) is 13.8 Å². The SMILES string of the molecule is Cc1cc(OS(=O)(=O)c2cccnc2)c(C(C)C)cc1Cl. The molecule has 0 radical (unpaired) electrons. The average molecular weight is 326 g/mol. The Hall–Kier alpha value is -1.59. The molecule has 0 amide bonds. The van der Waals surface area contributed by atoms with Crippen molar-refractivity contribution in [2.75, 3.05) is 0 Å². The lowest BCUT2D eigenvalue weighted by Crippen LogP contribution is -2.11. The minimum absolute atomic E-state index is 0.0207. The summed E-state index contributed by atoms with van der Waals surface area (Å²) < 4.78 is 29.8. The Balaban J connectivity index is 2.46. The van der Waals surface area contributed by atoms with Crippen molar-refractivity contribution in [2.24, 2.45) is 0 Å². The van der Waals surface area contributed by atoms with Crippen molar-refractivity contribution in [3.05, 3.63) is 52.8 Å². The van der Waals surface area contributed by atoms with Crippen molar-refractivity contribution in [2.45, 2.75) is 31.6 Å². The highest BCUT2D eigenvalue weighted by atomic mass is 35.5. The molecule has 0 fully saturated rings. The largest absolute Gasteiger partial charge is 0.379 e. The molecule has 0 aliphatic rings. The quantitative estimate of drug-likeness (QED) is 0.799. The maximum absolute atomic E-state index is 12.3. The number of nitrogens with zero attached hydrogens (tertiary/aromatic N) is 1. The van der Waals surface area contributed by atoms with E-state index in [0.29, 0.717) is 10.8 Å². The molecule has 0 aliphatic carbocycles. The van der Waals surface area contributed by atoms with Gasteiger partial charge in [0.1, 0.15) is 10.6 Å². The van der Waals surface area contributed by atoms with Crippen molar-refractivity contribution < 1.29 is 12.6 Å². The minimum atomic E-state index is -3.90. The van der Waals surface area contributed by atoms with Crippen LogP contribution < -0.4 is 4.18 Å². The summed E-state index contributed by atoms with van der Waals surface area (Å²) in [6.07, 6.45) is 2.76. The molecule has 21 heavy (non-hydrogen) atoms. The number of pyridine rings is 1. The zero-order valence-corrected chi connectivity index (χ0v) is 13.6. The molecule has 0 saturated heterocycles. The number of aryl methyl sites for hydroxylation is 1. The smallest absolute Gasteiger partial charge is 0.340 e. The predicted molar refractivity (Wildman–Crippen MR) is 82.3 cm³/mol. The van der Waals surface area contributed by atoms with E-state index in [9.17, 15) is 8.42 Å². The Bertz CT molecular complexity index is 743. The van der Waals surface area contributed by atoms with Crippen LogP contribution in [-0.2, 0) is 10.1 Å². The highest BCUT2D eigenvalue weighted by Gasteiger charge is 2.20. The molecule has 0 unspecified atom stereocenters. The predicted octanol–water partition coefficient (Wildman–Crippen LogP) is 3.93. The van der Waals surface area contributed by atoms with Gasteiger partial charge in [-0.3, -0.25) is 4.98 Å². The Morgan fingerprint density at radius 2 is 2.00 bits per heavy atom. The molecule has 112 valence electrons. The van der Waals surface area contributed by atoms with Gasteiger partial charge >= 0.3 is 10.1 Å². The molecule has 1 heterocycles. The Morgan fingerprint density at radius 3 is 2.57 bits per heavy atom. The van der Waals surface area contributed by atoms with Gasteiger partial charge in [0.2, 0.25) is 0 Å². The van der Waals surface area contributed by atoms with Crippen LogP contribution in [0.5, 0.6) is 5.75 Å². The molecule has 2 aromatic rings. The summed E-state index contributed by atoms with van der Waals surface area (Å²) in [7, 11) is -3.90. The van der Waals surface area contributed by atoms with Crippen LogP contribution in [0.15, 0.2) is 41.6 Å². The summed E-state index contributed by atoms with van der Waals surface area (Å²) in [6, 6.07) is 6.38. The van der Waals surface area contributed by atoms with Crippen LogP contribution in [0.1, 0.15) is 30.9 Å². The highest BCUT2D eigenvalue weighted by Crippen LogP contribution is 2.33. The standard InChI is InChI=1S/C15H16ClNO3S/c1-10(2)13-8-14(16)11(3)7-15(13)20-21(18,19)12-5-4-6-17-9-12/h4-10H,1-3H3. The normalized spacial score (nSPS) is 11.7. The van der Waals surface area contributed by atoms with Crippen LogP contribution in [0, 0.1) is 6.92 Å². The third-order valence-corrected chi connectivity index (χ3v) is 4.66. The van der Waals surface area contributed by atoms with Gasteiger partial charge in [-0.1, -0.05) is 25.4 Å². The molecular weight excluding hydrogens is 310 g/mol. The number of rotatable bonds is 4. The van der Waals surface area contributed by atoms with Crippen molar-refractivity contribution in [1.82, 2.24) is 4.98 Å². The van der Waals surface area contributed by atoms with Gasteiger partial charge in [-0.2, -0.15) is 8.42 Å². The number of benzene rings is 1. The van der Waals surface area contributed by atoms with E-state index >= 15 is 0 Å². The molecule has 1 aromatic heterocycles. The van der Waals surface area contributed by atoms with E-state index in [2.05, 4.69) is 4.98 Å². The van der Waals surface area contributed by atoms with Gasteiger partial charge in [-0.15, -0.1) is 0 Å². The first-order valence-electron chi connectivity index (χ1n) is 6.46. The first-order chi connectivity index (χ1) is 9.81. The van der Waals surface area contributed by atoms with Crippen LogP contribution in [0.25, 0.3) is 0 Å². The van der Waals surface area contributed by atoms with Gasteiger partial charge in [-0.05, 0) is 48.2 Å². The second-order valence-electron chi connectivity index (χ2n) is 5.02. The summed E-state index contributed by atoms with van der Waals surface area (Å²) in [4.78, 5) is 3.82. The summed E-state index contributed by atoms with van der Waals surface area (Å²) in [6.45, 7) is 5.70. The van der Waals surface area contributed by atoms with Crippen molar-refractivity contribution in [1.29, 1.82) is 0 Å². The molecular formula is C15H16ClNO3S. The van der Waals surface area contributed by atoms with Crippen LogP contribution in [-0.4, -0.2) is 13.4 Å². The average Bonchev–Trinajstić information content (AvgIpc) is 2.43. The van der Waals surface area contributed by atoms with E-state index in [-0.39, 0.29) is 10.8 Å². The van der Waals surface area contributed by atoms with Crippen molar-refractivity contribution in [3.63, 3.8) is 0 Å². The lowest BCUT2D eigenvalue weighted by atomic mass is 10.0. The lowest BCUT2D eigenvalue weighted by Gasteiger charge is -2.15. The van der Waals surface area contributed by atoms with Crippen LogP contribution in [0.4, 0.5) is 0 Å². The first-order valence-corrected chi connectivity index (χ1v) is 8.24. The third kappa shape index (κ3) is 3.54. The maximum Gasteiger partial charge on any atom is 0.340 e. The topological polar surface area (TPSA) is 56.3 Å². The van der Waals surface area contributed by atoms with Gasteiger partial charge in [0.05, 0.1) is 0 Å². The number of hydrogen-bond acceptors (Lipinski definition) is 4. The molecule has 2 rings (SSSR count). The second kappa shape index (κ2) is 6.03. The Labute approximate surface area is 129 Å². The molecule has 0 N–H and O–H groups in total. The van der Waals surface area contributed by atoms with Crippen molar-refractivity contribution in [3.8, 4) is 5.75 Å². The molecule has 0 saturated carbocycles. The van der Waals surface area contributed by atoms with Crippen molar-refractivity contribution >= 4 is 21.7 Å². The molecule has 4 nitrogen and oxygen atoms in total. The zero-order valence-electron chi connectivity index (χ0n) is 12.0. The zero-order chi connectivity index (χ0) is 15.6.